The molecule has 8 heteroatoms. The number of nitrogens with zero attached hydrogens (tertiary/aromatic N) is 1. The average molecular weight is 238 g/mol. The lowest BCUT2D eigenvalue weighted by molar-refractivity contribution is -0.160. The molecule has 0 atom stereocenters. The van der Waals surface area contributed by atoms with E-state index >= 15 is 0 Å². The Morgan fingerprint density at radius 2 is 2.13 bits per heavy atom. The Kier molecular flexibility index (Phi) is 3.18. The van der Waals surface area contributed by atoms with Gasteiger partial charge in [-0.05, 0) is 18.7 Å². The zero-order valence-electron chi connectivity index (χ0n) is 7.38. The van der Waals surface area contributed by atoms with Crippen molar-refractivity contribution in [1.82, 2.24) is 9.97 Å². The first-order chi connectivity index (χ1) is 6.79. The average Bonchev–Trinajstić information content (AvgIpc) is 1.99. The van der Waals surface area contributed by atoms with Gasteiger partial charge in [-0.2, -0.15) is 13.2 Å². The molecule has 1 rings (SSSR count). The number of aromatic amines is 1. The molecule has 0 spiro atoms. The molecule has 0 aromatic carbocycles. The van der Waals surface area contributed by atoms with Crippen LogP contribution in [-0.2, 0) is 4.79 Å². The molecule has 1 aromatic heterocycles. The minimum Gasteiger partial charge on any atom is -0.301 e. The normalized spacial score (nSPS) is 11.5. The molecule has 4 nitrogen and oxygen atoms in total. The van der Waals surface area contributed by atoms with E-state index in [-0.39, 0.29) is 22.6 Å². The molecular weight excluding hydrogens is 233 g/mol. The number of hydrogen-bond donors (Lipinski definition) is 1. The van der Waals surface area contributed by atoms with Crippen molar-refractivity contribution >= 4 is 16.9 Å². The van der Waals surface area contributed by atoms with Crippen LogP contribution >= 0.6 is 11.8 Å². The van der Waals surface area contributed by atoms with E-state index in [1.807, 2.05) is 4.98 Å². The van der Waals surface area contributed by atoms with E-state index in [1.165, 1.54) is 6.92 Å². The van der Waals surface area contributed by atoms with E-state index < -0.39 is 16.9 Å². The van der Waals surface area contributed by atoms with Gasteiger partial charge in [-0.3, -0.25) is 9.59 Å². The van der Waals surface area contributed by atoms with Crippen LogP contribution < -0.4 is 5.56 Å². The fourth-order valence-electron chi connectivity index (χ4n) is 0.746. The van der Waals surface area contributed by atoms with Crippen LogP contribution in [0.25, 0.3) is 0 Å². The molecule has 15 heavy (non-hydrogen) atoms. The smallest absolute Gasteiger partial charge is 0.301 e. The van der Waals surface area contributed by atoms with E-state index in [4.69, 9.17) is 0 Å². The van der Waals surface area contributed by atoms with Gasteiger partial charge in [-0.1, -0.05) is 0 Å². The molecule has 82 valence electrons. The highest BCUT2D eigenvalue weighted by Crippen LogP contribution is 2.26. The van der Waals surface area contributed by atoms with E-state index in [1.54, 1.807) is 0 Å². The largest absolute Gasteiger partial charge is 0.461 e. The molecule has 1 heterocycles. The summed E-state index contributed by atoms with van der Waals surface area (Å²) in [4.78, 5) is 27.0. The maximum atomic E-state index is 11.8. The first kappa shape index (κ1) is 11.8. The third-order valence-electron chi connectivity index (χ3n) is 1.27. The summed E-state index contributed by atoms with van der Waals surface area (Å²) in [6.45, 7) is 1.44. The van der Waals surface area contributed by atoms with Crippen molar-refractivity contribution in [2.75, 3.05) is 0 Å². The van der Waals surface area contributed by atoms with Gasteiger partial charge in [-0.25, -0.2) is 4.98 Å². The van der Waals surface area contributed by atoms with Crippen LogP contribution in [0.3, 0.4) is 0 Å². The Balaban J connectivity index is 2.91. The Bertz CT molecular complexity index is 441. The summed E-state index contributed by atoms with van der Waals surface area (Å²) in [6, 6.07) is 1.11. The maximum Gasteiger partial charge on any atom is 0.461 e. The minimum atomic E-state index is -4.94. The molecule has 0 aliphatic heterocycles. The summed E-state index contributed by atoms with van der Waals surface area (Å²) >= 11 is -0.152. The molecule has 0 saturated heterocycles. The van der Waals surface area contributed by atoms with E-state index in [2.05, 4.69) is 4.98 Å². The molecule has 0 saturated carbocycles. The molecule has 0 bridgehead atoms. The fraction of sp³-hybridized carbons (Fsp3) is 0.286. The van der Waals surface area contributed by atoms with Crippen LogP contribution in [0.2, 0.25) is 0 Å². The van der Waals surface area contributed by atoms with Gasteiger partial charge in [0.15, 0.2) is 5.16 Å². The first-order valence-electron chi connectivity index (χ1n) is 3.66. The van der Waals surface area contributed by atoms with Crippen molar-refractivity contribution in [2.24, 2.45) is 0 Å². The Morgan fingerprint density at radius 3 is 2.60 bits per heavy atom. The van der Waals surface area contributed by atoms with Crippen molar-refractivity contribution in [3.05, 3.63) is 22.1 Å². The highest BCUT2D eigenvalue weighted by Gasteiger charge is 2.39. The monoisotopic (exact) mass is 238 g/mol. The number of aromatic nitrogens is 2. The highest BCUT2D eigenvalue weighted by atomic mass is 32.2. The quantitative estimate of drug-likeness (QED) is 0.591. The minimum absolute atomic E-state index is 0.152. The number of H-pyrrole nitrogens is 1. The second kappa shape index (κ2) is 4.05. The van der Waals surface area contributed by atoms with Crippen molar-refractivity contribution in [1.29, 1.82) is 0 Å². The first-order valence-corrected chi connectivity index (χ1v) is 4.47. The number of nitrogens with one attached hydrogen (secondary N) is 1. The summed E-state index contributed by atoms with van der Waals surface area (Å²) < 4.78 is 35.5. The van der Waals surface area contributed by atoms with Crippen LogP contribution in [-0.4, -0.2) is 21.3 Å². The number of hydrogen-bond acceptors (Lipinski definition) is 4. The summed E-state index contributed by atoms with van der Waals surface area (Å²) in [5, 5.41) is -2.38. The van der Waals surface area contributed by atoms with Crippen molar-refractivity contribution in [3.63, 3.8) is 0 Å². The number of carbonyl (C=O) groups excluding carboxylic acids is 1. The van der Waals surface area contributed by atoms with Gasteiger partial charge in [0.05, 0.1) is 0 Å². The molecule has 1 N–H and O–H groups in total. The standard InChI is InChI=1S/C7H5F3N2O2S/c1-3-2-4(13)12-6(11-3)15-5(14)7(8,9)10/h2H,1H3,(H,11,12,13). The van der Waals surface area contributed by atoms with E-state index in [0.29, 0.717) is 0 Å². The van der Waals surface area contributed by atoms with Crippen molar-refractivity contribution < 1.29 is 18.0 Å². The third-order valence-corrected chi connectivity index (χ3v) is 2.07. The predicted octanol–water partition coefficient (Wildman–Crippen LogP) is 1.26. The number of carbonyl (C=O) groups is 1. The van der Waals surface area contributed by atoms with Crippen molar-refractivity contribution in [2.45, 2.75) is 18.3 Å². The lowest BCUT2D eigenvalue weighted by Crippen LogP contribution is -2.20. The van der Waals surface area contributed by atoms with Gasteiger partial charge in [0.25, 0.3) is 5.56 Å². The van der Waals surface area contributed by atoms with Gasteiger partial charge in [-0.15, -0.1) is 0 Å². The second-order valence-corrected chi connectivity index (χ2v) is 3.54. The molecule has 0 amide bonds. The van der Waals surface area contributed by atoms with Gasteiger partial charge in [0.1, 0.15) is 0 Å². The van der Waals surface area contributed by atoms with Crippen LogP contribution in [0.5, 0.6) is 0 Å². The Morgan fingerprint density at radius 1 is 1.53 bits per heavy atom. The van der Waals surface area contributed by atoms with Gasteiger partial charge >= 0.3 is 11.3 Å². The zero-order valence-corrected chi connectivity index (χ0v) is 8.20. The SMILES string of the molecule is Cc1cc(=O)[nH]c(SC(=O)C(F)(F)F)n1. The predicted molar refractivity (Wildman–Crippen MR) is 46.5 cm³/mol. The zero-order chi connectivity index (χ0) is 11.6. The van der Waals surface area contributed by atoms with Gasteiger partial charge in [0.2, 0.25) is 0 Å². The Hall–Kier alpha value is -1.31. The number of alkyl halides is 3. The van der Waals surface area contributed by atoms with Gasteiger partial charge in [0, 0.05) is 11.8 Å². The molecular formula is C7H5F3N2O2S. The van der Waals surface area contributed by atoms with Crippen LogP contribution in [0, 0.1) is 6.92 Å². The second-order valence-electron chi connectivity index (χ2n) is 2.58. The molecule has 0 unspecified atom stereocenters. The lowest BCUT2D eigenvalue weighted by atomic mass is 10.5. The number of aryl methyl sites for hydroxylation is 1. The number of rotatable bonds is 1. The van der Waals surface area contributed by atoms with Gasteiger partial charge < -0.3 is 4.98 Å². The Labute approximate surface area is 85.9 Å². The highest BCUT2D eigenvalue weighted by molar-refractivity contribution is 8.13. The molecule has 0 aliphatic carbocycles. The third kappa shape index (κ3) is 3.39. The summed E-state index contributed by atoms with van der Waals surface area (Å²) in [5.41, 5.74) is -0.351. The van der Waals surface area contributed by atoms with Crippen LogP contribution in [0.15, 0.2) is 16.0 Å². The molecule has 1 aromatic rings. The molecule has 0 fully saturated rings. The van der Waals surface area contributed by atoms with Crippen LogP contribution in [0.4, 0.5) is 13.2 Å². The number of halogens is 3. The van der Waals surface area contributed by atoms with Crippen LogP contribution in [0.1, 0.15) is 5.69 Å². The summed E-state index contributed by atoms with van der Waals surface area (Å²) in [6.07, 6.45) is -4.94. The van der Waals surface area contributed by atoms with Crippen molar-refractivity contribution in [3.8, 4) is 0 Å². The number of thioether (sulfide) groups is 1. The topological polar surface area (TPSA) is 62.8 Å². The summed E-state index contributed by atoms with van der Waals surface area (Å²) in [7, 11) is 0. The lowest BCUT2D eigenvalue weighted by Gasteiger charge is -2.03. The fourth-order valence-corrected chi connectivity index (χ4v) is 1.38. The molecule has 0 aliphatic rings. The van der Waals surface area contributed by atoms with E-state index in [0.717, 1.165) is 6.07 Å². The van der Waals surface area contributed by atoms with E-state index in [9.17, 15) is 22.8 Å². The molecule has 0 radical (unpaired) electrons. The maximum absolute atomic E-state index is 11.8. The summed E-state index contributed by atoms with van der Waals surface area (Å²) in [5.74, 6) is 0.